The molecule has 3 aliphatic rings. The lowest BCUT2D eigenvalue weighted by atomic mass is 9.80. The topological polar surface area (TPSA) is 110 Å². The second kappa shape index (κ2) is 11.2. The zero-order valence-electron chi connectivity index (χ0n) is 21.9. The van der Waals surface area contributed by atoms with E-state index in [1.165, 1.54) is 0 Å². The summed E-state index contributed by atoms with van der Waals surface area (Å²) in [6, 6.07) is 7.90. The Labute approximate surface area is 232 Å². The summed E-state index contributed by atoms with van der Waals surface area (Å²) in [5.41, 5.74) is 3.69. The molecule has 9 nitrogen and oxygen atoms in total. The van der Waals surface area contributed by atoms with Crippen LogP contribution < -0.4 is 5.32 Å². The molecule has 3 fully saturated rings. The van der Waals surface area contributed by atoms with Crippen LogP contribution in [0.15, 0.2) is 36.8 Å². The van der Waals surface area contributed by atoms with Crippen LogP contribution in [0.3, 0.4) is 0 Å². The Morgan fingerprint density at radius 1 is 1.08 bits per heavy atom. The number of ether oxygens (including phenoxy) is 1. The van der Waals surface area contributed by atoms with Crippen molar-refractivity contribution in [3.8, 4) is 11.1 Å². The number of nitrogens with one attached hydrogen (secondary N) is 1. The number of carbonyl (C=O) groups excluding carboxylic acids is 2. The van der Waals surface area contributed by atoms with Gasteiger partial charge in [-0.2, -0.15) is 0 Å². The number of aromatic nitrogens is 3. The predicted octanol–water partition coefficient (Wildman–Crippen LogP) is 4.13. The van der Waals surface area contributed by atoms with E-state index < -0.39 is 6.10 Å². The highest BCUT2D eigenvalue weighted by Crippen LogP contribution is 2.34. The standard InChI is InChI=1S/C29H34ClN5O4/c30-24-13-31-27(33-28(37)20-2-1-3-21(10-20)29(38)34-15-22(36)16-34)12-23(24)19-4-5-25-26(11-19)35(17-32-25)14-18-6-8-39-9-7-18/h4-5,11-13,17-18,20-22,36H,1-3,6-10,14-16H2,(H,31,33,37)/t20-,21+/m0/s1. The van der Waals surface area contributed by atoms with Crippen LogP contribution in [0.5, 0.6) is 0 Å². The van der Waals surface area contributed by atoms with Crippen LogP contribution >= 0.6 is 11.6 Å². The van der Waals surface area contributed by atoms with E-state index in [1.807, 2.05) is 24.5 Å². The Bertz CT molecular complexity index is 1360. The third-order valence-electron chi connectivity index (χ3n) is 8.40. The minimum atomic E-state index is -0.421. The molecule has 1 aliphatic carbocycles. The number of pyridine rings is 1. The third kappa shape index (κ3) is 5.66. The summed E-state index contributed by atoms with van der Waals surface area (Å²) in [4.78, 5) is 36.6. The summed E-state index contributed by atoms with van der Waals surface area (Å²) in [5, 5.41) is 13.0. The van der Waals surface area contributed by atoms with Gasteiger partial charge in [0.1, 0.15) is 5.82 Å². The molecule has 0 spiro atoms. The van der Waals surface area contributed by atoms with Crippen molar-refractivity contribution in [1.82, 2.24) is 19.4 Å². The fraction of sp³-hybridized carbons (Fsp3) is 0.517. The number of imidazole rings is 1. The van der Waals surface area contributed by atoms with E-state index in [1.54, 1.807) is 11.1 Å². The van der Waals surface area contributed by atoms with Gasteiger partial charge in [-0.3, -0.25) is 9.59 Å². The van der Waals surface area contributed by atoms with Gasteiger partial charge in [0.05, 0.1) is 28.5 Å². The van der Waals surface area contributed by atoms with Gasteiger partial charge in [0, 0.05) is 56.4 Å². The van der Waals surface area contributed by atoms with Gasteiger partial charge in [-0.15, -0.1) is 0 Å². The van der Waals surface area contributed by atoms with E-state index in [4.69, 9.17) is 16.3 Å². The molecule has 206 valence electrons. The van der Waals surface area contributed by atoms with Crippen molar-refractivity contribution in [3.05, 3.63) is 41.8 Å². The fourth-order valence-electron chi connectivity index (χ4n) is 6.08. The molecule has 1 saturated carbocycles. The summed E-state index contributed by atoms with van der Waals surface area (Å²) in [7, 11) is 0. The van der Waals surface area contributed by atoms with E-state index in [0.29, 0.717) is 36.3 Å². The van der Waals surface area contributed by atoms with E-state index in [-0.39, 0.29) is 23.7 Å². The first kappa shape index (κ1) is 26.2. The second-order valence-electron chi connectivity index (χ2n) is 11.2. The Balaban J connectivity index is 1.16. The van der Waals surface area contributed by atoms with E-state index >= 15 is 0 Å². The van der Waals surface area contributed by atoms with Gasteiger partial charge in [-0.1, -0.05) is 24.1 Å². The number of rotatable bonds is 6. The van der Waals surface area contributed by atoms with Crippen molar-refractivity contribution >= 4 is 40.3 Å². The number of hydrogen-bond donors (Lipinski definition) is 2. The third-order valence-corrected chi connectivity index (χ3v) is 8.70. The first-order chi connectivity index (χ1) is 18.9. The van der Waals surface area contributed by atoms with Crippen molar-refractivity contribution in [2.24, 2.45) is 17.8 Å². The van der Waals surface area contributed by atoms with E-state index in [9.17, 15) is 14.7 Å². The zero-order chi connectivity index (χ0) is 26.9. The van der Waals surface area contributed by atoms with Gasteiger partial charge in [0.15, 0.2) is 0 Å². The van der Waals surface area contributed by atoms with Gasteiger partial charge in [-0.25, -0.2) is 9.97 Å². The van der Waals surface area contributed by atoms with Gasteiger partial charge >= 0.3 is 0 Å². The lowest BCUT2D eigenvalue weighted by Crippen LogP contribution is -2.55. The van der Waals surface area contributed by atoms with Crippen LogP contribution in [0.25, 0.3) is 22.2 Å². The van der Waals surface area contributed by atoms with Crippen molar-refractivity contribution in [3.63, 3.8) is 0 Å². The summed E-state index contributed by atoms with van der Waals surface area (Å²) >= 11 is 6.58. The van der Waals surface area contributed by atoms with Gasteiger partial charge in [0.2, 0.25) is 11.8 Å². The minimum Gasteiger partial charge on any atom is -0.389 e. The summed E-state index contributed by atoms with van der Waals surface area (Å²) in [6.45, 7) is 3.31. The molecule has 0 radical (unpaired) electrons. The molecule has 2 aliphatic heterocycles. The molecule has 10 heteroatoms. The second-order valence-corrected chi connectivity index (χ2v) is 11.6. The number of amides is 2. The SMILES string of the molecule is O=C(Nc1cc(-c2ccc3ncn(CC4CCOCC4)c3c2)c(Cl)cn1)[C@H]1CCC[C@@H](C(=O)N2CC(O)C2)C1. The Hall–Kier alpha value is -3.01. The van der Waals surface area contributed by atoms with Gasteiger partial charge in [0.25, 0.3) is 0 Å². The van der Waals surface area contributed by atoms with Crippen molar-refractivity contribution in [1.29, 1.82) is 0 Å². The lowest BCUT2D eigenvalue weighted by molar-refractivity contribution is -0.147. The summed E-state index contributed by atoms with van der Waals surface area (Å²) < 4.78 is 7.71. The quantitative estimate of drug-likeness (QED) is 0.477. The highest BCUT2D eigenvalue weighted by molar-refractivity contribution is 6.33. The molecular weight excluding hydrogens is 518 g/mol. The molecule has 3 aromatic rings. The van der Waals surface area contributed by atoms with Crippen molar-refractivity contribution in [2.75, 3.05) is 31.6 Å². The Kier molecular flexibility index (Phi) is 7.55. The van der Waals surface area contributed by atoms with Crippen LogP contribution in [-0.2, 0) is 20.9 Å². The Morgan fingerprint density at radius 3 is 2.67 bits per heavy atom. The van der Waals surface area contributed by atoms with Crippen LogP contribution in [0, 0.1) is 17.8 Å². The minimum absolute atomic E-state index is 0.0520. The first-order valence-electron chi connectivity index (χ1n) is 13.9. The number of likely N-dealkylation sites (tertiary alicyclic amines) is 1. The number of aliphatic hydroxyl groups excluding tert-OH is 1. The molecule has 2 aromatic heterocycles. The highest BCUT2D eigenvalue weighted by Gasteiger charge is 2.37. The van der Waals surface area contributed by atoms with Crippen LogP contribution in [0.1, 0.15) is 38.5 Å². The van der Waals surface area contributed by atoms with Crippen LogP contribution in [0.2, 0.25) is 5.02 Å². The predicted molar refractivity (Wildman–Crippen MR) is 148 cm³/mol. The van der Waals surface area contributed by atoms with Gasteiger partial charge < -0.3 is 24.6 Å². The van der Waals surface area contributed by atoms with E-state index in [0.717, 1.165) is 74.0 Å². The summed E-state index contributed by atoms with van der Waals surface area (Å²) in [5.74, 6) is 0.509. The number of halogens is 1. The molecule has 1 aromatic carbocycles. The van der Waals surface area contributed by atoms with Crippen molar-refractivity contribution in [2.45, 2.75) is 51.2 Å². The monoisotopic (exact) mass is 551 g/mol. The number of β-amino-alcohol motifs (C(OH)–C–C–N with tert-alkyl or cyclic N) is 1. The number of nitrogens with zero attached hydrogens (tertiary/aromatic N) is 4. The Morgan fingerprint density at radius 2 is 1.87 bits per heavy atom. The molecule has 2 atom stereocenters. The fourth-order valence-corrected chi connectivity index (χ4v) is 6.29. The number of fused-ring (bicyclic) bond motifs is 1. The first-order valence-corrected chi connectivity index (χ1v) is 14.3. The van der Waals surface area contributed by atoms with Crippen molar-refractivity contribution < 1.29 is 19.4 Å². The molecule has 0 bridgehead atoms. The number of hydrogen-bond acceptors (Lipinski definition) is 6. The number of benzene rings is 1. The maximum Gasteiger partial charge on any atom is 0.228 e. The summed E-state index contributed by atoms with van der Waals surface area (Å²) in [6.07, 6.45) is 8.02. The van der Waals surface area contributed by atoms with Gasteiger partial charge in [-0.05, 0) is 61.8 Å². The van der Waals surface area contributed by atoms with Crippen LogP contribution in [-0.4, -0.2) is 68.8 Å². The normalized spacial score (nSPS) is 22.6. The maximum atomic E-state index is 13.2. The molecule has 2 saturated heterocycles. The molecule has 2 amide bonds. The average Bonchev–Trinajstić information content (AvgIpc) is 3.34. The molecule has 6 rings (SSSR count). The maximum absolute atomic E-state index is 13.2. The molecule has 4 heterocycles. The zero-order valence-corrected chi connectivity index (χ0v) is 22.6. The molecular formula is C29H34ClN5O4. The largest absolute Gasteiger partial charge is 0.389 e. The molecule has 0 unspecified atom stereocenters. The highest BCUT2D eigenvalue weighted by atomic mass is 35.5. The molecule has 2 N–H and O–H groups in total. The lowest BCUT2D eigenvalue weighted by Gasteiger charge is -2.39. The average molecular weight is 552 g/mol. The van der Waals surface area contributed by atoms with E-state index in [2.05, 4.69) is 25.9 Å². The van der Waals surface area contributed by atoms with Crippen LogP contribution in [0.4, 0.5) is 5.82 Å². The number of aliphatic hydroxyl groups is 1. The number of anilines is 1. The number of carbonyl (C=O) groups is 2. The molecule has 39 heavy (non-hydrogen) atoms. The smallest absolute Gasteiger partial charge is 0.228 e.